The lowest BCUT2D eigenvalue weighted by atomic mass is 9.80. The molecule has 2 aliphatic carbocycles. The molecular formula is C19H29NO. The molecule has 0 spiro atoms. The van der Waals surface area contributed by atoms with E-state index in [1.807, 2.05) is 0 Å². The number of ether oxygens (including phenoxy) is 1. The average molecular weight is 287 g/mol. The average Bonchev–Trinajstić information content (AvgIpc) is 3.10. The second-order valence-corrected chi connectivity index (χ2v) is 7.02. The molecule has 4 atom stereocenters. The maximum Gasteiger partial charge on any atom is 0.122 e. The number of aryl methyl sites for hydroxylation is 1. The highest BCUT2D eigenvalue weighted by atomic mass is 16.5. The molecule has 0 heterocycles. The fraction of sp³-hybridized carbons (Fsp3) is 0.684. The van der Waals surface area contributed by atoms with Crippen LogP contribution in [0.3, 0.4) is 0 Å². The van der Waals surface area contributed by atoms with Crippen molar-refractivity contribution in [2.45, 2.75) is 52.0 Å². The van der Waals surface area contributed by atoms with Gasteiger partial charge in [-0.3, -0.25) is 0 Å². The van der Waals surface area contributed by atoms with Crippen molar-refractivity contribution >= 4 is 0 Å². The van der Waals surface area contributed by atoms with Gasteiger partial charge >= 0.3 is 0 Å². The molecule has 2 bridgehead atoms. The topological polar surface area (TPSA) is 21.3 Å². The van der Waals surface area contributed by atoms with Gasteiger partial charge in [0.05, 0.1) is 7.11 Å². The molecule has 1 N–H and O–H groups in total. The Kier molecular flexibility index (Phi) is 4.54. The van der Waals surface area contributed by atoms with Crippen LogP contribution in [0.5, 0.6) is 5.75 Å². The van der Waals surface area contributed by atoms with Crippen LogP contribution in [0.1, 0.15) is 43.7 Å². The van der Waals surface area contributed by atoms with Gasteiger partial charge in [-0.1, -0.05) is 31.0 Å². The summed E-state index contributed by atoms with van der Waals surface area (Å²) in [5, 5.41) is 3.77. The Morgan fingerprint density at radius 2 is 2.14 bits per heavy atom. The highest BCUT2D eigenvalue weighted by Gasteiger charge is 2.42. The fourth-order valence-corrected chi connectivity index (χ4v) is 4.73. The summed E-state index contributed by atoms with van der Waals surface area (Å²) in [5.41, 5.74) is 2.69. The SMILES string of the molecule is CCNC(Cc1cc(C)ccc1OC)C1CC2CCC1C2. The third kappa shape index (κ3) is 3.11. The third-order valence-corrected chi connectivity index (χ3v) is 5.65. The molecule has 1 aromatic rings. The first-order valence-corrected chi connectivity index (χ1v) is 8.58. The summed E-state index contributed by atoms with van der Waals surface area (Å²) >= 11 is 0. The van der Waals surface area contributed by atoms with Gasteiger partial charge in [0.2, 0.25) is 0 Å². The summed E-state index contributed by atoms with van der Waals surface area (Å²) in [6, 6.07) is 7.17. The van der Waals surface area contributed by atoms with Gasteiger partial charge in [0.15, 0.2) is 0 Å². The van der Waals surface area contributed by atoms with Crippen LogP contribution in [0, 0.1) is 24.7 Å². The molecule has 2 saturated carbocycles. The number of rotatable bonds is 6. The van der Waals surface area contributed by atoms with Gasteiger partial charge in [-0.25, -0.2) is 0 Å². The van der Waals surface area contributed by atoms with Crippen molar-refractivity contribution in [1.82, 2.24) is 5.32 Å². The van der Waals surface area contributed by atoms with E-state index in [1.54, 1.807) is 7.11 Å². The smallest absolute Gasteiger partial charge is 0.122 e. The van der Waals surface area contributed by atoms with Gasteiger partial charge in [0.1, 0.15) is 5.75 Å². The van der Waals surface area contributed by atoms with E-state index in [0.29, 0.717) is 6.04 Å². The number of nitrogens with one attached hydrogen (secondary N) is 1. The van der Waals surface area contributed by atoms with Gasteiger partial charge in [-0.15, -0.1) is 0 Å². The van der Waals surface area contributed by atoms with Crippen LogP contribution >= 0.6 is 0 Å². The number of likely N-dealkylation sites (N-methyl/N-ethyl adjacent to an activating group) is 1. The summed E-state index contributed by atoms with van der Waals surface area (Å²) in [4.78, 5) is 0. The molecule has 0 aliphatic heterocycles. The molecule has 116 valence electrons. The van der Waals surface area contributed by atoms with E-state index < -0.39 is 0 Å². The van der Waals surface area contributed by atoms with Crippen LogP contribution in [-0.2, 0) is 6.42 Å². The maximum atomic E-state index is 5.58. The van der Waals surface area contributed by atoms with Crippen molar-refractivity contribution in [3.63, 3.8) is 0 Å². The molecule has 1 aromatic carbocycles. The number of hydrogen-bond acceptors (Lipinski definition) is 2. The standard InChI is InChI=1S/C19H29NO/c1-4-20-18(17-11-14-6-7-15(17)10-14)12-16-9-13(2)5-8-19(16)21-3/h5,8-9,14-15,17-18,20H,4,6-7,10-12H2,1-3H3. The van der Waals surface area contributed by atoms with Crippen LogP contribution in [0.2, 0.25) is 0 Å². The Hall–Kier alpha value is -1.02. The molecule has 4 unspecified atom stereocenters. The minimum atomic E-state index is 0.612. The number of hydrogen-bond donors (Lipinski definition) is 1. The number of fused-ring (bicyclic) bond motifs is 2. The normalized spacial score (nSPS) is 28.8. The predicted octanol–water partition coefficient (Wildman–Crippen LogP) is 3.96. The Bertz CT molecular complexity index is 484. The maximum absolute atomic E-state index is 5.58. The zero-order valence-electron chi connectivity index (χ0n) is 13.7. The van der Waals surface area contributed by atoms with E-state index in [1.165, 1.54) is 36.8 Å². The lowest BCUT2D eigenvalue weighted by Crippen LogP contribution is -2.40. The molecule has 0 aromatic heterocycles. The molecule has 21 heavy (non-hydrogen) atoms. The quantitative estimate of drug-likeness (QED) is 0.855. The lowest BCUT2D eigenvalue weighted by molar-refractivity contribution is 0.247. The minimum Gasteiger partial charge on any atom is -0.496 e. The predicted molar refractivity (Wildman–Crippen MR) is 87.8 cm³/mol. The van der Waals surface area contributed by atoms with Crippen molar-refractivity contribution in [3.05, 3.63) is 29.3 Å². The molecular weight excluding hydrogens is 258 g/mol. The first-order chi connectivity index (χ1) is 10.2. The van der Waals surface area contributed by atoms with E-state index in [9.17, 15) is 0 Å². The Balaban J connectivity index is 1.77. The Morgan fingerprint density at radius 3 is 2.76 bits per heavy atom. The molecule has 2 aliphatic rings. The van der Waals surface area contributed by atoms with E-state index in [0.717, 1.165) is 36.5 Å². The second kappa shape index (κ2) is 6.39. The lowest BCUT2D eigenvalue weighted by Gasteiger charge is -2.31. The molecule has 2 fully saturated rings. The van der Waals surface area contributed by atoms with Crippen molar-refractivity contribution in [1.29, 1.82) is 0 Å². The van der Waals surface area contributed by atoms with Crippen molar-refractivity contribution < 1.29 is 4.74 Å². The molecule has 0 amide bonds. The van der Waals surface area contributed by atoms with E-state index in [2.05, 4.69) is 37.4 Å². The van der Waals surface area contributed by atoms with Crippen LogP contribution in [-0.4, -0.2) is 19.7 Å². The summed E-state index contributed by atoms with van der Waals surface area (Å²) in [6.45, 7) is 5.46. The Morgan fingerprint density at radius 1 is 1.29 bits per heavy atom. The monoisotopic (exact) mass is 287 g/mol. The number of methoxy groups -OCH3 is 1. The summed E-state index contributed by atoms with van der Waals surface area (Å²) in [7, 11) is 1.79. The van der Waals surface area contributed by atoms with Crippen LogP contribution in [0.4, 0.5) is 0 Å². The van der Waals surface area contributed by atoms with Crippen molar-refractivity contribution in [2.24, 2.45) is 17.8 Å². The van der Waals surface area contributed by atoms with Gasteiger partial charge in [0, 0.05) is 6.04 Å². The molecule has 0 saturated heterocycles. The van der Waals surface area contributed by atoms with Gasteiger partial charge in [-0.2, -0.15) is 0 Å². The van der Waals surface area contributed by atoms with Crippen molar-refractivity contribution in [3.8, 4) is 5.75 Å². The fourth-order valence-electron chi connectivity index (χ4n) is 4.73. The summed E-state index contributed by atoms with van der Waals surface area (Å²) < 4.78 is 5.58. The van der Waals surface area contributed by atoms with Gasteiger partial charge < -0.3 is 10.1 Å². The highest BCUT2D eigenvalue weighted by molar-refractivity contribution is 5.37. The zero-order valence-corrected chi connectivity index (χ0v) is 13.7. The summed E-state index contributed by atoms with van der Waals surface area (Å²) in [5.74, 6) is 3.90. The molecule has 2 heteroatoms. The third-order valence-electron chi connectivity index (χ3n) is 5.65. The number of benzene rings is 1. The summed E-state index contributed by atoms with van der Waals surface area (Å²) in [6.07, 6.45) is 6.97. The first kappa shape index (κ1) is 14.9. The van der Waals surface area contributed by atoms with Gasteiger partial charge in [0.25, 0.3) is 0 Å². The van der Waals surface area contributed by atoms with E-state index >= 15 is 0 Å². The van der Waals surface area contributed by atoms with Crippen molar-refractivity contribution in [2.75, 3.05) is 13.7 Å². The van der Waals surface area contributed by atoms with Crippen LogP contribution < -0.4 is 10.1 Å². The largest absolute Gasteiger partial charge is 0.496 e. The van der Waals surface area contributed by atoms with E-state index in [-0.39, 0.29) is 0 Å². The van der Waals surface area contributed by atoms with Crippen LogP contribution in [0.25, 0.3) is 0 Å². The first-order valence-electron chi connectivity index (χ1n) is 8.58. The molecule has 2 nitrogen and oxygen atoms in total. The van der Waals surface area contributed by atoms with E-state index in [4.69, 9.17) is 4.74 Å². The van der Waals surface area contributed by atoms with Crippen LogP contribution in [0.15, 0.2) is 18.2 Å². The zero-order chi connectivity index (χ0) is 14.8. The van der Waals surface area contributed by atoms with Gasteiger partial charge in [-0.05, 0) is 68.5 Å². The molecule has 0 radical (unpaired) electrons. The Labute approximate surface area is 129 Å². The molecule has 3 rings (SSSR count). The second-order valence-electron chi connectivity index (χ2n) is 7.02. The highest BCUT2D eigenvalue weighted by Crippen LogP contribution is 2.50. The minimum absolute atomic E-state index is 0.612.